The number of hydrogen-bond acceptors (Lipinski definition) is 3. The van der Waals surface area contributed by atoms with Gasteiger partial charge in [-0.05, 0) is 13.3 Å². The fourth-order valence-electron chi connectivity index (χ4n) is 2.19. The Bertz CT molecular complexity index is 480. The average Bonchev–Trinajstić information content (AvgIpc) is 2.73. The van der Waals surface area contributed by atoms with E-state index in [-0.39, 0.29) is 11.8 Å². The Hall–Kier alpha value is -1.85. The molecule has 0 spiro atoms. The van der Waals surface area contributed by atoms with Gasteiger partial charge in [0.2, 0.25) is 5.91 Å². The summed E-state index contributed by atoms with van der Waals surface area (Å²) in [4.78, 5) is 25.6. The van der Waals surface area contributed by atoms with Gasteiger partial charge in [0.15, 0.2) is 0 Å². The molecule has 0 bridgehead atoms. The molecule has 1 aromatic rings. The van der Waals surface area contributed by atoms with Gasteiger partial charge in [0.1, 0.15) is 6.04 Å². The van der Waals surface area contributed by atoms with E-state index in [2.05, 4.69) is 10.4 Å². The van der Waals surface area contributed by atoms with Gasteiger partial charge in [-0.2, -0.15) is 5.10 Å². The van der Waals surface area contributed by atoms with Crippen LogP contribution >= 0.6 is 0 Å². The van der Waals surface area contributed by atoms with E-state index in [9.17, 15) is 9.59 Å². The van der Waals surface area contributed by atoms with Crippen LogP contribution in [0.1, 0.15) is 29.9 Å². The summed E-state index contributed by atoms with van der Waals surface area (Å²) in [7, 11) is 1.79. The second-order valence-corrected chi connectivity index (χ2v) is 4.48. The lowest BCUT2D eigenvalue weighted by Gasteiger charge is -2.32. The predicted molar refractivity (Wildman–Crippen MR) is 66.1 cm³/mol. The van der Waals surface area contributed by atoms with Crippen LogP contribution in [0.4, 0.5) is 0 Å². The Morgan fingerprint density at radius 3 is 3.00 bits per heavy atom. The molecule has 1 unspecified atom stereocenters. The highest BCUT2D eigenvalue weighted by atomic mass is 16.2. The number of carbonyl (C=O) groups is 2. The first-order valence-corrected chi connectivity index (χ1v) is 6.15. The molecule has 2 rings (SSSR count). The van der Waals surface area contributed by atoms with Crippen molar-refractivity contribution in [1.29, 1.82) is 0 Å². The maximum absolute atomic E-state index is 12.4. The van der Waals surface area contributed by atoms with Gasteiger partial charge in [-0.1, -0.05) is 6.92 Å². The van der Waals surface area contributed by atoms with Crippen LogP contribution in [0.25, 0.3) is 0 Å². The first-order chi connectivity index (χ1) is 8.54. The van der Waals surface area contributed by atoms with Crippen molar-refractivity contribution in [2.45, 2.75) is 26.3 Å². The summed E-state index contributed by atoms with van der Waals surface area (Å²) >= 11 is 0. The van der Waals surface area contributed by atoms with Gasteiger partial charge >= 0.3 is 0 Å². The summed E-state index contributed by atoms with van der Waals surface area (Å²) in [5, 5.41) is 7.01. The smallest absolute Gasteiger partial charge is 0.258 e. The van der Waals surface area contributed by atoms with E-state index in [1.165, 1.54) is 0 Å². The molecule has 0 aromatic carbocycles. The summed E-state index contributed by atoms with van der Waals surface area (Å²) < 4.78 is 1.64. The van der Waals surface area contributed by atoms with Gasteiger partial charge in [-0.3, -0.25) is 14.3 Å². The van der Waals surface area contributed by atoms with Gasteiger partial charge < -0.3 is 10.2 Å². The number of aromatic nitrogens is 2. The highest BCUT2D eigenvalue weighted by Crippen LogP contribution is 2.14. The van der Waals surface area contributed by atoms with Crippen LogP contribution in [-0.2, 0) is 18.3 Å². The topological polar surface area (TPSA) is 67.2 Å². The molecular formula is C12H18N4O2. The third kappa shape index (κ3) is 2.10. The lowest BCUT2D eigenvalue weighted by molar-refractivity contribution is -0.127. The maximum atomic E-state index is 12.4. The van der Waals surface area contributed by atoms with E-state index in [0.29, 0.717) is 25.1 Å². The predicted octanol–water partition coefficient (Wildman–Crippen LogP) is -0.0570. The molecule has 0 aliphatic carbocycles. The van der Waals surface area contributed by atoms with Crippen molar-refractivity contribution < 1.29 is 9.59 Å². The number of amides is 2. The Labute approximate surface area is 106 Å². The van der Waals surface area contributed by atoms with E-state index in [4.69, 9.17) is 0 Å². The normalized spacial score (nSPS) is 19.8. The molecule has 1 aliphatic rings. The van der Waals surface area contributed by atoms with Crippen molar-refractivity contribution in [2.75, 3.05) is 13.1 Å². The number of piperazine rings is 1. The number of carbonyl (C=O) groups excluding carboxylic acids is 2. The monoisotopic (exact) mass is 250 g/mol. The first kappa shape index (κ1) is 12.6. The summed E-state index contributed by atoms with van der Waals surface area (Å²) in [6.07, 6.45) is 2.43. The van der Waals surface area contributed by atoms with E-state index in [1.54, 1.807) is 29.7 Å². The number of aryl methyl sites for hydroxylation is 2. The average molecular weight is 250 g/mol. The molecule has 1 atom stereocenters. The minimum Gasteiger partial charge on any atom is -0.353 e. The third-order valence-electron chi connectivity index (χ3n) is 3.23. The van der Waals surface area contributed by atoms with E-state index >= 15 is 0 Å². The fraction of sp³-hybridized carbons (Fsp3) is 0.583. The van der Waals surface area contributed by atoms with Crippen LogP contribution < -0.4 is 5.32 Å². The second-order valence-electron chi connectivity index (χ2n) is 4.48. The fourth-order valence-corrected chi connectivity index (χ4v) is 2.19. The van der Waals surface area contributed by atoms with Gasteiger partial charge in [0.25, 0.3) is 5.91 Å². The second kappa shape index (κ2) is 4.80. The third-order valence-corrected chi connectivity index (χ3v) is 3.23. The van der Waals surface area contributed by atoms with Crippen LogP contribution in [0.5, 0.6) is 0 Å². The largest absolute Gasteiger partial charge is 0.353 e. The number of rotatable bonds is 2. The summed E-state index contributed by atoms with van der Waals surface area (Å²) in [5.41, 5.74) is 1.38. The highest BCUT2D eigenvalue weighted by Gasteiger charge is 2.31. The minimum absolute atomic E-state index is 0.100. The van der Waals surface area contributed by atoms with Crippen molar-refractivity contribution in [2.24, 2.45) is 7.05 Å². The molecule has 6 heteroatoms. The SMILES string of the molecule is CCc1nn(C)cc1C(=O)N1CCNC(=O)C1C. The Kier molecular flexibility index (Phi) is 3.36. The molecule has 1 aliphatic heterocycles. The molecule has 2 amide bonds. The van der Waals surface area contributed by atoms with Crippen molar-refractivity contribution in [3.05, 3.63) is 17.5 Å². The Morgan fingerprint density at radius 2 is 2.33 bits per heavy atom. The molecule has 98 valence electrons. The molecule has 1 fully saturated rings. The standard InChI is InChI=1S/C12H18N4O2/c1-4-10-9(7-15(3)14-10)12(18)16-6-5-13-11(17)8(16)2/h7-8H,4-6H2,1-3H3,(H,13,17). The lowest BCUT2D eigenvalue weighted by Crippen LogP contribution is -2.55. The molecule has 6 nitrogen and oxygen atoms in total. The van der Waals surface area contributed by atoms with Gasteiger partial charge in [0, 0.05) is 26.3 Å². The maximum Gasteiger partial charge on any atom is 0.258 e. The zero-order valence-corrected chi connectivity index (χ0v) is 10.9. The van der Waals surface area contributed by atoms with Crippen molar-refractivity contribution in [3.63, 3.8) is 0 Å². The van der Waals surface area contributed by atoms with E-state index in [1.807, 2.05) is 6.92 Å². The number of hydrogen-bond donors (Lipinski definition) is 1. The molecule has 1 aromatic heterocycles. The van der Waals surface area contributed by atoms with Gasteiger partial charge in [0.05, 0.1) is 11.3 Å². The molecule has 0 saturated carbocycles. The van der Waals surface area contributed by atoms with Crippen LogP contribution in [0.15, 0.2) is 6.20 Å². The van der Waals surface area contributed by atoms with Crippen LogP contribution in [0.2, 0.25) is 0 Å². The van der Waals surface area contributed by atoms with E-state index in [0.717, 1.165) is 5.69 Å². The highest BCUT2D eigenvalue weighted by molar-refractivity contribution is 5.98. The first-order valence-electron chi connectivity index (χ1n) is 6.15. The molecule has 1 saturated heterocycles. The van der Waals surface area contributed by atoms with Crippen LogP contribution in [-0.4, -0.2) is 45.6 Å². The molecular weight excluding hydrogens is 232 g/mol. The molecule has 2 heterocycles. The van der Waals surface area contributed by atoms with Crippen molar-refractivity contribution in [1.82, 2.24) is 20.0 Å². The number of nitrogens with one attached hydrogen (secondary N) is 1. The van der Waals surface area contributed by atoms with Gasteiger partial charge in [-0.25, -0.2) is 0 Å². The Morgan fingerprint density at radius 1 is 1.61 bits per heavy atom. The van der Waals surface area contributed by atoms with Gasteiger partial charge in [-0.15, -0.1) is 0 Å². The van der Waals surface area contributed by atoms with E-state index < -0.39 is 6.04 Å². The minimum atomic E-state index is -0.420. The zero-order valence-electron chi connectivity index (χ0n) is 10.9. The van der Waals surface area contributed by atoms with Crippen LogP contribution in [0.3, 0.4) is 0 Å². The summed E-state index contributed by atoms with van der Waals surface area (Å²) in [6.45, 7) is 4.76. The van der Waals surface area contributed by atoms with Crippen molar-refractivity contribution >= 4 is 11.8 Å². The molecule has 1 N–H and O–H groups in total. The zero-order chi connectivity index (χ0) is 13.3. The summed E-state index contributed by atoms with van der Waals surface area (Å²) in [5.74, 6) is -0.209. The quantitative estimate of drug-likeness (QED) is 0.800. The number of nitrogens with zero attached hydrogens (tertiary/aromatic N) is 3. The van der Waals surface area contributed by atoms with Crippen LogP contribution in [0, 0.1) is 0 Å². The molecule has 0 radical (unpaired) electrons. The van der Waals surface area contributed by atoms with Crippen molar-refractivity contribution in [3.8, 4) is 0 Å². The lowest BCUT2D eigenvalue weighted by atomic mass is 10.1. The Balaban J connectivity index is 2.27. The molecule has 18 heavy (non-hydrogen) atoms. The summed E-state index contributed by atoms with van der Waals surface area (Å²) in [6, 6.07) is -0.420.